The maximum atomic E-state index is 13.1. The highest BCUT2D eigenvalue weighted by molar-refractivity contribution is 5.94. The zero-order chi connectivity index (χ0) is 18.1. The van der Waals surface area contributed by atoms with Gasteiger partial charge in [0, 0.05) is 19.3 Å². The molecule has 2 aliphatic rings. The number of rotatable bonds is 3. The third-order valence-corrected chi connectivity index (χ3v) is 5.33. The first kappa shape index (κ1) is 16.8. The van der Waals surface area contributed by atoms with Crippen molar-refractivity contribution >= 4 is 11.7 Å². The van der Waals surface area contributed by atoms with Crippen LogP contribution in [0, 0.1) is 0 Å². The number of nitrogens with zero attached hydrogens (tertiary/aromatic N) is 3. The smallest absolute Gasteiger partial charge is 0.261 e. The summed E-state index contributed by atoms with van der Waals surface area (Å²) in [6.45, 7) is 0.630. The number of anilines is 1. The third kappa shape index (κ3) is 2.98. The largest absolute Gasteiger partial charge is 0.372 e. The van der Waals surface area contributed by atoms with Gasteiger partial charge in [-0.25, -0.2) is 4.98 Å². The van der Waals surface area contributed by atoms with Crippen LogP contribution in [-0.2, 0) is 12.8 Å². The molecule has 0 saturated carbocycles. The molecular formula is C19H23N5O2. The normalized spacial score (nSPS) is 19.3. The number of hydrogen-bond donors (Lipinski definition) is 2. The highest BCUT2D eigenvalue weighted by atomic mass is 16.2. The summed E-state index contributed by atoms with van der Waals surface area (Å²) in [6.07, 6.45) is 9.08. The van der Waals surface area contributed by atoms with E-state index in [0.29, 0.717) is 12.4 Å². The molecule has 1 aliphatic carbocycles. The quantitative estimate of drug-likeness (QED) is 0.881. The third-order valence-electron chi connectivity index (χ3n) is 5.33. The van der Waals surface area contributed by atoms with Gasteiger partial charge in [-0.2, -0.15) is 0 Å². The van der Waals surface area contributed by atoms with Crippen molar-refractivity contribution in [3.05, 3.63) is 51.3 Å². The first-order valence-electron chi connectivity index (χ1n) is 9.23. The van der Waals surface area contributed by atoms with E-state index in [1.54, 1.807) is 30.4 Å². The van der Waals surface area contributed by atoms with Crippen LogP contribution in [0.25, 0.3) is 0 Å². The Hall–Kier alpha value is -2.70. The van der Waals surface area contributed by atoms with Gasteiger partial charge in [-0.3, -0.25) is 14.6 Å². The topological polar surface area (TPSA) is 91.0 Å². The first-order valence-corrected chi connectivity index (χ1v) is 9.23. The van der Waals surface area contributed by atoms with Crippen molar-refractivity contribution < 1.29 is 4.79 Å². The van der Waals surface area contributed by atoms with Gasteiger partial charge < -0.3 is 15.2 Å². The Morgan fingerprint density at radius 3 is 2.96 bits per heavy atom. The second kappa shape index (κ2) is 6.90. The van der Waals surface area contributed by atoms with Crippen molar-refractivity contribution in [2.24, 2.45) is 0 Å². The summed E-state index contributed by atoms with van der Waals surface area (Å²) < 4.78 is 0. The summed E-state index contributed by atoms with van der Waals surface area (Å²) in [4.78, 5) is 39.1. The van der Waals surface area contributed by atoms with Crippen LogP contribution in [0.15, 0.2) is 23.3 Å². The van der Waals surface area contributed by atoms with Gasteiger partial charge in [-0.15, -0.1) is 0 Å². The number of nitrogens with one attached hydrogen (secondary N) is 2. The molecule has 7 nitrogen and oxygen atoms in total. The number of aryl methyl sites for hydroxylation is 2. The van der Waals surface area contributed by atoms with Crippen molar-refractivity contribution in [2.45, 2.75) is 44.6 Å². The number of amides is 1. The van der Waals surface area contributed by atoms with Crippen molar-refractivity contribution in [1.82, 2.24) is 19.9 Å². The Bertz CT molecular complexity index is 892. The number of hydrogen-bond acceptors (Lipinski definition) is 5. The van der Waals surface area contributed by atoms with E-state index in [1.807, 2.05) is 0 Å². The second-order valence-corrected chi connectivity index (χ2v) is 6.96. The lowest BCUT2D eigenvalue weighted by atomic mass is 9.95. The fourth-order valence-electron chi connectivity index (χ4n) is 3.97. The SMILES string of the molecule is CNc1cncc(C2CCCN2C(=O)c2cc3c([nH]c2=O)CCCC3)n1. The maximum absolute atomic E-state index is 13.1. The molecule has 1 atom stereocenters. The van der Waals surface area contributed by atoms with Crippen LogP contribution < -0.4 is 10.9 Å². The minimum atomic E-state index is -0.281. The minimum absolute atomic E-state index is 0.140. The molecule has 136 valence electrons. The summed E-state index contributed by atoms with van der Waals surface area (Å²) in [5, 5.41) is 2.98. The molecule has 0 radical (unpaired) electrons. The Kier molecular flexibility index (Phi) is 4.44. The van der Waals surface area contributed by atoms with Gasteiger partial charge in [-0.05, 0) is 50.2 Å². The molecule has 0 aromatic carbocycles. The molecule has 2 N–H and O–H groups in total. The highest BCUT2D eigenvalue weighted by Crippen LogP contribution is 2.32. The van der Waals surface area contributed by atoms with Gasteiger partial charge in [0.15, 0.2) is 0 Å². The van der Waals surface area contributed by atoms with Gasteiger partial charge in [0.1, 0.15) is 11.4 Å². The average Bonchev–Trinajstić information content (AvgIpc) is 3.17. The molecule has 0 bridgehead atoms. The molecule has 3 heterocycles. The van der Waals surface area contributed by atoms with E-state index in [4.69, 9.17) is 0 Å². The number of fused-ring (bicyclic) bond motifs is 1. The van der Waals surface area contributed by atoms with Crippen LogP contribution in [-0.4, -0.2) is 39.4 Å². The highest BCUT2D eigenvalue weighted by Gasteiger charge is 2.33. The van der Waals surface area contributed by atoms with E-state index < -0.39 is 0 Å². The number of pyridine rings is 1. The Balaban J connectivity index is 1.66. The molecule has 1 fully saturated rings. The fraction of sp³-hybridized carbons (Fsp3) is 0.474. The molecule has 2 aromatic heterocycles. The number of aromatic amines is 1. The number of carbonyl (C=O) groups excluding carboxylic acids is 1. The number of likely N-dealkylation sites (tertiary alicyclic amines) is 1. The summed E-state index contributed by atoms with van der Waals surface area (Å²) in [5.74, 6) is 0.465. The maximum Gasteiger partial charge on any atom is 0.261 e. The van der Waals surface area contributed by atoms with Crippen LogP contribution in [0.5, 0.6) is 0 Å². The molecule has 1 amide bonds. The number of aromatic nitrogens is 3. The average molecular weight is 353 g/mol. The molecule has 1 saturated heterocycles. The first-order chi connectivity index (χ1) is 12.7. The van der Waals surface area contributed by atoms with E-state index in [9.17, 15) is 9.59 Å². The second-order valence-electron chi connectivity index (χ2n) is 6.96. The van der Waals surface area contributed by atoms with Gasteiger partial charge in [0.2, 0.25) is 0 Å². The van der Waals surface area contributed by atoms with Gasteiger partial charge >= 0.3 is 0 Å². The van der Waals surface area contributed by atoms with Crippen LogP contribution in [0.4, 0.5) is 5.82 Å². The zero-order valence-electron chi connectivity index (χ0n) is 14.9. The predicted octanol–water partition coefficient (Wildman–Crippen LogP) is 2.06. The van der Waals surface area contributed by atoms with Crippen molar-refractivity contribution in [3.63, 3.8) is 0 Å². The van der Waals surface area contributed by atoms with Crippen molar-refractivity contribution in [3.8, 4) is 0 Å². The number of H-pyrrole nitrogens is 1. The van der Waals surface area contributed by atoms with E-state index in [-0.39, 0.29) is 23.1 Å². The molecule has 1 aliphatic heterocycles. The lowest BCUT2D eigenvalue weighted by Gasteiger charge is -2.25. The standard InChI is InChI=1S/C19H23N5O2/c1-20-17-11-21-10-15(22-17)16-7-4-8-24(16)19(26)13-9-12-5-2-3-6-14(12)23-18(13)25/h9-11,16H,2-8H2,1H3,(H,20,22)(H,23,25). The van der Waals surface area contributed by atoms with Crippen LogP contribution in [0.2, 0.25) is 0 Å². The molecule has 2 aromatic rings. The van der Waals surface area contributed by atoms with Crippen molar-refractivity contribution in [2.75, 3.05) is 18.9 Å². The lowest BCUT2D eigenvalue weighted by Crippen LogP contribution is -2.35. The van der Waals surface area contributed by atoms with Crippen LogP contribution in [0.3, 0.4) is 0 Å². The molecular weight excluding hydrogens is 330 g/mol. The lowest BCUT2D eigenvalue weighted by molar-refractivity contribution is 0.0730. The van der Waals surface area contributed by atoms with Crippen LogP contribution in [0.1, 0.15) is 59.0 Å². The van der Waals surface area contributed by atoms with E-state index in [2.05, 4.69) is 20.3 Å². The number of carbonyl (C=O) groups is 1. The van der Waals surface area contributed by atoms with Gasteiger partial charge in [0.25, 0.3) is 11.5 Å². The van der Waals surface area contributed by atoms with Gasteiger partial charge in [0.05, 0.1) is 24.1 Å². The van der Waals surface area contributed by atoms with Crippen LogP contribution >= 0.6 is 0 Å². The monoisotopic (exact) mass is 353 g/mol. The summed E-state index contributed by atoms with van der Waals surface area (Å²) >= 11 is 0. The molecule has 7 heteroatoms. The zero-order valence-corrected chi connectivity index (χ0v) is 14.9. The summed E-state index contributed by atoms with van der Waals surface area (Å²) in [7, 11) is 1.79. The molecule has 26 heavy (non-hydrogen) atoms. The minimum Gasteiger partial charge on any atom is -0.372 e. The van der Waals surface area contributed by atoms with E-state index in [0.717, 1.165) is 55.5 Å². The fourth-order valence-corrected chi connectivity index (χ4v) is 3.97. The van der Waals surface area contributed by atoms with Crippen molar-refractivity contribution in [1.29, 1.82) is 0 Å². The summed E-state index contributed by atoms with van der Waals surface area (Å²) in [5.41, 5.74) is 2.82. The molecule has 1 unspecified atom stereocenters. The van der Waals surface area contributed by atoms with E-state index in [1.165, 1.54) is 0 Å². The van der Waals surface area contributed by atoms with E-state index >= 15 is 0 Å². The summed E-state index contributed by atoms with van der Waals surface area (Å²) in [6, 6.07) is 1.67. The molecule has 0 spiro atoms. The Morgan fingerprint density at radius 2 is 2.12 bits per heavy atom. The molecule has 4 rings (SSSR count). The Labute approximate surface area is 151 Å². The Morgan fingerprint density at radius 1 is 1.27 bits per heavy atom. The predicted molar refractivity (Wildman–Crippen MR) is 98.3 cm³/mol. The van der Waals surface area contributed by atoms with Gasteiger partial charge in [-0.1, -0.05) is 0 Å².